The molecule has 1 fully saturated rings. The average Bonchev–Trinajstić information content (AvgIpc) is 2.48. The van der Waals surface area contributed by atoms with Gasteiger partial charge < -0.3 is 22.4 Å². The van der Waals surface area contributed by atoms with E-state index in [0.29, 0.717) is 5.04 Å². The standard InChI is InChI=1S/C14H19BrN2O2S.ClH/c15-13-4-1-3-12(11-13)14(16-18)20-10-2-5-17-6-8-19-9-7-17;/h1,3-4,11,18H,2,5-10H2;1H/p-1/b16-14+;. The fraction of sp³-hybridized carbons (Fsp3) is 0.500. The maximum atomic E-state index is 9.14. The van der Waals surface area contributed by atoms with Crippen LogP contribution in [0.15, 0.2) is 33.9 Å². The third-order valence-electron chi connectivity index (χ3n) is 3.12. The van der Waals surface area contributed by atoms with Crippen molar-refractivity contribution in [2.75, 3.05) is 38.6 Å². The van der Waals surface area contributed by atoms with E-state index in [2.05, 4.69) is 26.0 Å². The van der Waals surface area contributed by atoms with Gasteiger partial charge in [0.1, 0.15) is 5.04 Å². The number of morpholine rings is 1. The zero-order valence-corrected chi connectivity index (χ0v) is 14.8. The first-order valence-electron chi connectivity index (χ1n) is 6.70. The predicted molar refractivity (Wildman–Crippen MR) is 86.8 cm³/mol. The predicted octanol–water partition coefficient (Wildman–Crippen LogP) is 0.0444. The molecule has 0 radical (unpaired) electrons. The molecule has 0 spiro atoms. The van der Waals surface area contributed by atoms with Crippen LogP contribution in [0.5, 0.6) is 0 Å². The van der Waals surface area contributed by atoms with Crippen molar-refractivity contribution in [2.45, 2.75) is 6.42 Å². The zero-order valence-electron chi connectivity index (χ0n) is 11.7. The lowest BCUT2D eigenvalue weighted by atomic mass is 10.2. The number of benzene rings is 1. The topological polar surface area (TPSA) is 45.1 Å². The molecule has 2 rings (SSSR count). The van der Waals surface area contributed by atoms with Crippen molar-refractivity contribution in [1.82, 2.24) is 4.90 Å². The van der Waals surface area contributed by atoms with Gasteiger partial charge >= 0.3 is 0 Å². The van der Waals surface area contributed by atoms with E-state index in [9.17, 15) is 0 Å². The van der Waals surface area contributed by atoms with E-state index < -0.39 is 0 Å². The van der Waals surface area contributed by atoms with Gasteiger partial charge in [-0.15, -0.1) is 11.8 Å². The molecule has 4 nitrogen and oxygen atoms in total. The summed E-state index contributed by atoms with van der Waals surface area (Å²) in [5, 5.41) is 13.2. The van der Waals surface area contributed by atoms with Gasteiger partial charge in [0.2, 0.25) is 0 Å². The Morgan fingerprint density at radius 2 is 2.14 bits per heavy atom. The summed E-state index contributed by atoms with van der Waals surface area (Å²) < 4.78 is 6.32. The summed E-state index contributed by atoms with van der Waals surface area (Å²) in [4.78, 5) is 2.42. The molecule has 1 aromatic carbocycles. The molecular formula is C14H19BrClN2O2S-. The smallest absolute Gasteiger partial charge is 0.143 e. The Bertz CT molecular complexity index is 456. The largest absolute Gasteiger partial charge is 1.00 e. The van der Waals surface area contributed by atoms with Gasteiger partial charge in [0.25, 0.3) is 0 Å². The molecule has 1 heterocycles. The number of hydrogen-bond acceptors (Lipinski definition) is 5. The second-order valence-corrected chi connectivity index (χ2v) is 6.57. The van der Waals surface area contributed by atoms with Gasteiger partial charge in [-0.3, -0.25) is 4.90 Å². The molecule has 1 aromatic rings. The lowest BCUT2D eigenvalue weighted by Gasteiger charge is -2.26. The maximum absolute atomic E-state index is 9.14. The Labute approximate surface area is 144 Å². The Hall–Kier alpha value is -0.270. The van der Waals surface area contributed by atoms with Crippen molar-refractivity contribution in [1.29, 1.82) is 0 Å². The van der Waals surface area contributed by atoms with E-state index in [1.807, 2.05) is 24.3 Å². The van der Waals surface area contributed by atoms with Gasteiger partial charge in [0.05, 0.1) is 13.2 Å². The molecule has 1 N–H and O–H groups in total. The van der Waals surface area contributed by atoms with Crippen LogP contribution in [-0.4, -0.2) is 53.8 Å². The number of halogens is 2. The quantitative estimate of drug-likeness (QED) is 0.252. The molecule has 1 saturated heterocycles. The third kappa shape index (κ3) is 6.57. The highest BCUT2D eigenvalue weighted by atomic mass is 79.9. The zero-order chi connectivity index (χ0) is 14.2. The van der Waals surface area contributed by atoms with Crippen LogP contribution in [-0.2, 0) is 4.74 Å². The average molecular weight is 395 g/mol. The molecule has 1 aliphatic rings. The first kappa shape index (κ1) is 18.8. The summed E-state index contributed by atoms with van der Waals surface area (Å²) in [6.07, 6.45) is 1.08. The number of ether oxygens (including phenoxy) is 1. The van der Waals surface area contributed by atoms with Gasteiger partial charge in [-0.2, -0.15) is 0 Å². The van der Waals surface area contributed by atoms with Gasteiger partial charge in [0.15, 0.2) is 0 Å². The minimum absolute atomic E-state index is 0. The molecule has 0 aliphatic carbocycles. The SMILES string of the molecule is O/N=C(/SCCCN1CCOCC1)c1cccc(Br)c1.[Cl-]. The van der Waals surface area contributed by atoms with Crippen LogP contribution in [0.4, 0.5) is 0 Å². The fourth-order valence-electron chi connectivity index (χ4n) is 2.07. The second kappa shape index (κ2) is 10.5. The van der Waals surface area contributed by atoms with Crippen LogP contribution in [0.2, 0.25) is 0 Å². The van der Waals surface area contributed by atoms with Gasteiger partial charge in [-0.1, -0.05) is 33.2 Å². The summed E-state index contributed by atoms with van der Waals surface area (Å²) in [7, 11) is 0. The van der Waals surface area contributed by atoms with Crippen LogP contribution in [0.25, 0.3) is 0 Å². The van der Waals surface area contributed by atoms with Crippen molar-refractivity contribution in [2.24, 2.45) is 5.16 Å². The minimum Gasteiger partial charge on any atom is -1.00 e. The Balaban J connectivity index is 0.00000220. The highest BCUT2D eigenvalue weighted by molar-refractivity contribution is 9.10. The van der Waals surface area contributed by atoms with E-state index in [0.717, 1.165) is 55.1 Å². The number of nitrogens with zero attached hydrogens (tertiary/aromatic N) is 2. The Morgan fingerprint density at radius 3 is 2.81 bits per heavy atom. The van der Waals surface area contributed by atoms with Crippen LogP contribution in [0, 0.1) is 0 Å². The number of hydrogen-bond donors (Lipinski definition) is 1. The Morgan fingerprint density at radius 1 is 1.38 bits per heavy atom. The molecule has 0 bridgehead atoms. The molecule has 1 aliphatic heterocycles. The summed E-state index contributed by atoms with van der Waals surface area (Å²) in [5.74, 6) is 0.948. The second-order valence-electron chi connectivity index (χ2n) is 4.57. The first-order valence-corrected chi connectivity index (χ1v) is 8.48. The molecule has 0 saturated carbocycles. The normalized spacial score (nSPS) is 16.5. The molecule has 0 amide bonds. The lowest BCUT2D eigenvalue weighted by Crippen LogP contribution is -3.00. The highest BCUT2D eigenvalue weighted by Gasteiger charge is 2.10. The van der Waals surface area contributed by atoms with E-state index in [1.165, 1.54) is 0 Å². The monoisotopic (exact) mass is 393 g/mol. The van der Waals surface area contributed by atoms with Crippen molar-refractivity contribution in [3.63, 3.8) is 0 Å². The Kier molecular flexibility index (Phi) is 9.35. The summed E-state index contributed by atoms with van der Waals surface area (Å²) in [6.45, 7) is 4.81. The molecule has 0 aromatic heterocycles. The summed E-state index contributed by atoms with van der Waals surface area (Å²) in [5.41, 5.74) is 0.943. The van der Waals surface area contributed by atoms with Gasteiger partial charge in [-0.05, 0) is 25.1 Å². The van der Waals surface area contributed by atoms with Crippen molar-refractivity contribution in [3.8, 4) is 0 Å². The first-order chi connectivity index (χ1) is 9.79. The third-order valence-corrected chi connectivity index (χ3v) is 4.70. The maximum Gasteiger partial charge on any atom is 0.143 e. The molecule has 21 heavy (non-hydrogen) atoms. The van der Waals surface area contributed by atoms with Gasteiger partial charge in [-0.25, -0.2) is 0 Å². The van der Waals surface area contributed by atoms with E-state index in [-0.39, 0.29) is 12.4 Å². The van der Waals surface area contributed by atoms with Gasteiger partial charge in [0, 0.05) is 28.9 Å². The van der Waals surface area contributed by atoms with E-state index in [4.69, 9.17) is 9.94 Å². The minimum atomic E-state index is 0. The van der Waals surface area contributed by atoms with Crippen LogP contribution < -0.4 is 12.4 Å². The van der Waals surface area contributed by atoms with Crippen LogP contribution >= 0.6 is 27.7 Å². The number of oxime groups is 1. The molecular weight excluding hydrogens is 376 g/mol. The van der Waals surface area contributed by atoms with Crippen LogP contribution in [0.3, 0.4) is 0 Å². The van der Waals surface area contributed by atoms with Crippen molar-refractivity contribution >= 4 is 32.7 Å². The number of rotatable bonds is 5. The van der Waals surface area contributed by atoms with Crippen molar-refractivity contribution < 1.29 is 22.4 Å². The highest BCUT2D eigenvalue weighted by Crippen LogP contribution is 2.18. The van der Waals surface area contributed by atoms with Crippen molar-refractivity contribution in [3.05, 3.63) is 34.3 Å². The number of thioether (sulfide) groups is 1. The van der Waals surface area contributed by atoms with E-state index >= 15 is 0 Å². The fourth-order valence-corrected chi connectivity index (χ4v) is 3.29. The molecule has 118 valence electrons. The lowest BCUT2D eigenvalue weighted by molar-refractivity contribution is -0.00000628. The van der Waals surface area contributed by atoms with E-state index in [1.54, 1.807) is 11.8 Å². The van der Waals surface area contributed by atoms with Crippen LogP contribution in [0.1, 0.15) is 12.0 Å². The molecule has 7 heteroatoms. The summed E-state index contributed by atoms with van der Waals surface area (Å²) in [6, 6.07) is 7.82. The molecule has 0 unspecified atom stereocenters. The molecule has 0 atom stereocenters. The summed E-state index contributed by atoms with van der Waals surface area (Å²) >= 11 is 5.02.